The van der Waals surface area contributed by atoms with E-state index >= 15 is 0 Å². The van der Waals surface area contributed by atoms with Gasteiger partial charge < -0.3 is 5.11 Å². The lowest BCUT2D eigenvalue weighted by Gasteiger charge is -1.95. The molecule has 0 amide bonds. The Morgan fingerprint density at radius 2 is 1.71 bits per heavy atom. The molecule has 0 aliphatic rings. The highest BCUT2D eigenvalue weighted by atomic mass is 16.4. The third-order valence-corrected chi connectivity index (χ3v) is 2.27. The molecule has 0 saturated heterocycles. The third kappa shape index (κ3) is 3.01. The molecular formula is C14H11NO2. The van der Waals surface area contributed by atoms with Gasteiger partial charge in [0.1, 0.15) is 5.69 Å². The van der Waals surface area contributed by atoms with E-state index in [1.807, 2.05) is 42.5 Å². The van der Waals surface area contributed by atoms with E-state index in [0.717, 1.165) is 11.1 Å². The Balaban J connectivity index is 2.14. The van der Waals surface area contributed by atoms with Gasteiger partial charge in [0.2, 0.25) is 0 Å². The summed E-state index contributed by atoms with van der Waals surface area (Å²) in [5.74, 6) is -1.01. The molecule has 0 spiro atoms. The SMILES string of the molecule is O=C(O)c1ccc(/C=C/c2ccccc2)cn1. The molecular weight excluding hydrogens is 214 g/mol. The van der Waals surface area contributed by atoms with Crippen molar-refractivity contribution in [3.63, 3.8) is 0 Å². The van der Waals surface area contributed by atoms with Gasteiger partial charge in [-0.3, -0.25) is 0 Å². The maximum absolute atomic E-state index is 10.6. The lowest BCUT2D eigenvalue weighted by atomic mass is 10.1. The molecule has 0 radical (unpaired) electrons. The number of hydrogen-bond acceptors (Lipinski definition) is 2. The van der Waals surface area contributed by atoms with Gasteiger partial charge >= 0.3 is 5.97 Å². The molecule has 1 aromatic carbocycles. The van der Waals surface area contributed by atoms with Gasteiger partial charge in [-0.1, -0.05) is 48.6 Å². The van der Waals surface area contributed by atoms with Crippen molar-refractivity contribution in [1.29, 1.82) is 0 Å². The number of nitrogens with zero attached hydrogens (tertiary/aromatic N) is 1. The minimum atomic E-state index is -1.01. The summed E-state index contributed by atoms with van der Waals surface area (Å²) in [6.45, 7) is 0. The van der Waals surface area contributed by atoms with Crippen LogP contribution in [0.4, 0.5) is 0 Å². The van der Waals surface area contributed by atoms with Crippen LogP contribution in [0, 0.1) is 0 Å². The first-order valence-electron chi connectivity index (χ1n) is 5.18. The van der Waals surface area contributed by atoms with E-state index in [-0.39, 0.29) is 5.69 Å². The van der Waals surface area contributed by atoms with E-state index in [1.54, 1.807) is 12.3 Å². The minimum absolute atomic E-state index is 0.0573. The summed E-state index contributed by atoms with van der Waals surface area (Å²) in [4.78, 5) is 14.5. The third-order valence-electron chi connectivity index (χ3n) is 2.27. The second-order valence-corrected chi connectivity index (χ2v) is 3.53. The molecule has 17 heavy (non-hydrogen) atoms. The molecule has 3 heteroatoms. The maximum Gasteiger partial charge on any atom is 0.354 e. The molecule has 0 fully saturated rings. The van der Waals surface area contributed by atoms with Crippen molar-refractivity contribution in [3.05, 3.63) is 65.5 Å². The number of carboxylic acid groups (broad SMARTS) is 1. The number of carbonyl (C=O) groups is 1. The number of pyridine rings is 1. The summed E-state index contributed by atoms with van der Waals surface area (Å²) in [5.41, 5.74) is 2.02. The van der Waals surface area contributed by atoms with Gasteiger partial charge in [-0.05, 0) is 17.2 Å². The van der Waals surface area contributed by atoms with Crippen LogP contribution in [0.1, 0.15) is 21.6 Å². The molecule has 84 valence electrons. The van der Waals surface area contributed by atoms with E-state index in [0.29, 0.717) is 0 Å². The molecule has 0 aliphatic carbocycles. The fraction of sp³-hybridized carbons (Fsp3) is 0. The van der Waals surface area contributed by atoms with E-state index in [1.165, 1.54) is 6.07 Å². The summed E-state index contributed by atoms with van der Waals surface area (Å²) >= 11 is 0. The van der Waals surface area contributed by atoms with Crippen LogP contribution in [0.25, 0.3) is 12.2 Å². The molecule has 0 atom stereocenters. The fourth-order valence-electron chi connectivity index (χ4n) is 1.39. The van der Waals surface area contributed by atoms with Crippen LogP contribution in [0.2, 0.25) is 0 Å². The Morgan fingerprint density at radius 1 is 1.00 bits per heavy atom. The van der Waals surface area contributed by atoms with Gasteiger partial charge in [0.15, 0.2) is 0 Å². The van der Waals surface area contributed by atoms with Crippen molar-refractivity contribution in [2.45, 2.75) is 0 Å². The molecule has 2 rings (SSSR count). The number of benzene rings is 1. The molecule has 0 saturated carbocycles. The predicted molar refractivity (Wildman–Crippen MR) is 66.6 cm³/mol. The molecule has 1 aromatic heterocycles. The van der Waals surface area contributed by atoms with Crippen molar-refractivity contribution in [2.75, 3.05) is 0 Å². The molecule has 0 unspecified atom stereocenters. The van der Waals surface area contributed by atoms with E-state index in [4.69, 9.17) is 5.11 Å². The Kier molecular flexibility index (Phi) is 3.31. The quantitative estimate of drug-likeness (QED) is 0.873. The Hall–Kier alpha value is -2.42. The number of aromatic nitrogens is 1. The average Bonchev–Trinajstić information content (AvgIpc) is 2.38. The minimum Gasteiger partial charge on any atom is -0.477 e. The van der Waals surface area contributed by atoms with Crippen molar-refractivity contribution >= 4 is 18.1 Å². The highest BCUT2D eigenvalue weighted by Gasteiger charge is 2.01. The Labute approximate surface area is 99.1 Å². The van der Waals surface area contributed by atoms with Gasteiger partial charge in [0, 0.05) is 6.20 Å². The van der Waals surface area contributed by atoms with Gasteiger partial charge in [-0.15, -0.1) is 0 Å². The zero-order valence-corrected chi connectivity index (χ0v) is 9.08. The first kappa shape index (κ1) is 11.1. The molecule has 3 nitrogen and oxygen atoms in total. The van der Waals surface area contributed by atoms with Crippen LogP contribution >= 0.6 is 0 Å². The zero-order valence-electron chi connectivity index (χ0n) is 9.08. The Morgan fingerprint density at radius 3 is 2.29 bits per heavy atom. The smallest absolute Gasteiger partial charge is 0.354 e. The van der Waals surface area contributed by atoms with E-state index in [9.17, 15) is 4.79 Å². The first-order chi connectivity index (χ1) is 8.25. The fourth-order valence-corrected chi connectivity index (χ4v) is 1.39. The van der Waals surface area contributed by atoms with Gasteiger partial charge in [0.25, 0.3) is 0 Å². The van der Waals surface area contributed by atoms with Crippen LogP contribution in [0.5, 0.6) is 0 Å². The molecule has 0 aliphatic heterocycles. The largest absolute Gasteiger partial charge is 0.477 e. The second-order valence-electron chi connectivity index (χ2n) is 3.53. The molecule has 1 heterocycles. The normalized spacial score (nSPS) is 10.6. The number of hydrogen-bond donors (Lipinski definition) is 1. The van der Waals surface area contributed by atoms with Crippen LogP contribution in [-0.2, 0) is 0 Å². The van der Waals surface area contributed by atoms with Gasteiger partial charge in [-0.25, -0.2) is 9.78 Å². The predicted octanol–water partition coefficient (Wildman–Crippen LogP) is 2.95. The highest BCUT2D eigenvalue weighted by Crippen LogP contribution is 2.07. The van der Waals surface area contributed by atoms with E-state index < -0.39 is 5.97 Å². The highest BCUT2D eigenvalue weighted by molar-refractivity contribution is 5.85. The van der Waals surface area contributed by atoms with Crippen LogP contribution in [0.3, 0.4) is 0 Å². The summed E-state index contributed by atoms with van der Waals surface area (Å²) in [7, 11) is 0. The topological polar surface area (TPSA) is 50.2 Å². The molecule has 2 aromatic rings. The van der Waals surface area contributed by atoms with Crippen LogP contribution in [-0.4, -0.2) is 16.1 Å². The summed E-state index contributed by atoms with van der Waals surface area (Å²) in [5, 5.41) is 8.70. The van der Waals surface area contributed by atoms with Gasteiger partial charge in [0.05, 0.1) is 0 Å². The van der Waals surface area contributed by atoms with Crippen molar-refractivity contribution in [1.82, 2.24) is 4.98 Å². The zero-order chi connectivity index (χ0) is 12.1. The lowest BCUT2D eigenvalue weighted by Crippen LogP contribution is -1.98. The number of carboxylic acids is 1. The van der Waals surface area contributed by atoms with Crippen molar-refractivity contribution in [2.24, 2.45) is 0 Å². The summed E-state index contributed by atoms with van der Waals surface area (Å²) < 4.78 is 0. The Bertz CT molecular complexity index is 530. The monoisotopic (exact) mass is 225 g/mol. The average molecular weight is 225 g/mol. The van der Waals surface area contributed by atoms with Crippen LogP contribution < -0.4 is 0 Å². The number of rotatable bonds is 3. The van der Waals surface area contributed by atoms with E-state index in [2.05, 4.69) is 4.98 Å². The first-order valence-corrected chi connectivity index (χ1v) is 5.18. The van der Waals surface area contributed by atoms with Gasteiger partial charge in [-0.2, -0.15) is 0 Å². The molecule has 0 bridgehead atoms. The number of aromatic carboxylic acids is 1. The summed E-state index contributed by atoms with van der Waals surface area (Å²) in [6, 6.07) is 13.1. The summed E-state index contributed by atoms with van der Waals surface area (Å²) in [6.07, 6.45) is 5.40. The van der Waals surface area contributed by atoms with Crippen LogP contribution in [0.15, 0.2) is 48.7 Å². The standard InChI is InChI=1S/C14H11NO2/c16-14(17)13-9-8-12(10-15-13)7-6-11-4-2-1-3-5-11/h1-10H,(H,16,17)/b7-6+. The maximum atomic E-state index is 10.6. The van der Waals surface area contributed by atoms with Crippen molar-refractivity contribution < 1.29 is 9.90 Å². The molecule has 1 N–H and O–H groups in total. The van der Waals surface area contributed by atoms with Crippen molar-refractivity contribution in [3.8, 4) is 0 Å². The second kappa shape index (κ2) is 5.07. The lowest BCUT2D eigenvalue weighted by molar-refractivity contribution is 0.0690.